The molecule has 6 aromatic heterocycles. The number of ether oxygens (including phenoxy) is 1. The lowest BCUT2D eigenvalue weighted by molar-refractivity contribution is 0.414. The number of furan rings is 3. The molecule has 0 unspecified atom stereocenters. The van der Waals surface area contributed by atoms with Crippen LogP contribution >= 0.6 is 63.2 Å². The number of anilines is 3. The maximum Gasteiger partial charge on any atom is 0.369 e. The van der Waals surface area contributed by atoms with Crippen molar-refractivity contribution in [1.29, 1.82) is 0 Å². The highest BCUT2D eigenvalue weighted by Gasteiger charge is 2.17. The molecule has 0 saturated heterocycles. The Bertz CT molecular complexity index is 3710. The number of methoxy groups -OCH3 is 1. The summed E-state index contributed by atoms with van der Waals surface area (Å²) in [7, 11) is 1.68. The van der Waals surface area contributed by atoms with E-state index in [1.54, 1.807) is 56.0 Å². The second-order valence-electron chi connectivity index (χ2n) is 16.5. The molecule has 0 aliphatic rings. The van der Waals surface area contributed by atoms with Gasteiger partial charge in [-0.25, -0.2) is 29.9 Å². The molecule has 0 fully saturated rings. The molecule has 0 amide bonds. The number of rotatable bonds is 8. The van der Waals surface area contributed by atoms with Gasteiger partial charge in [0.1, 0.15) is 45.3 Å². The third-order valence-corrected chi connectivity index (χ3v) is 12.0. The van der Waals surface area contributed by atoms with Crippen LogP contribution in [0.2, 0.25) is 0 Å². The van der Waals surface area contributed by atoms with Gasteiger partial charge in [0.2, 0.25) is 17.8 Å². The van der Waals surface area contributed by atoms with Crippen molar-refractivity contribution in [1.82, 2.24) is 29.9 Å². The largest absolute Gasteiger partial charge is 0.508 e. The number of halogens is 4. The van der Waals surface area contributed by atoms with Crippen LogP contribution in [0, 0.1) is 20.8 Å². The van der Waals surface area contributed by atoms with Crippen LogP contribution in [0.3, 0.4) is 0 Å². The molecule has 19 heteroatoms. The van der Waals surface area contributed by atoms with Crippen LogP contribution in [-0.4, -0.2) is 45.3 Å². The zero-order chi connectivity index (χ0) is 51.8. The highest BCUT2D eigenvalue weighted by molar-refractivity contribution is 9.69. The molecule has 0 radical (unpaired) electrons. The lowest BCUT2D eigenvalue weighted by Gasteiger charge is -2.05. The van der Waals surface area contributed by atoms with Crippen LogP contribution in [0.4, 0.5) is 17.8 Å². The van der Waals surface area contributed by atoms with Gasteiger partial charge < -0.3 is 40.3 Å². The standard InChI is InChI=1S/C21H19N3O2.C20H17N3O2.C13H10BrN3O.BBr3/c1-13-17-12-15(10-14-4-3-5-16(11-14)25-2)6-7-19(17)26-20(13)18-8-9-23-21(22)24-18;1-12-16-11-14(9-13-3-2-4-15(24)10-13)5-6-18(16)25-19(12)17-7-8-22-20(21)23-17;1-7-9-6-8(14)2-3-11(9)18-12(7)10-4-5-16-13(15)17-10;2-1(3)4/h3-9,11-12H,10H2,1-2H3,(H2,22,23,24);2-8,10-11,24H,9H2,1H3,(H2,21,22,23);2-6H,1H3,(H2,15,16,17);. The second kappa shape index (κ2) is 23.7. The van der Waals surface area contributed by atoms with Crippen molar-refractivity contribution in [2.75, 3.05) is 24.3 Å². The zero-order valence-corrected chi connectivity index (χ0v) is 46.1. The van der Waals surface area contributed by atoms with E-state index in [0.29, 0.717) is 22.8 Å². The van der Waals surface area contributed by atoms with Gasteiger partial charge in [0.25, 0.3) is 0 Å². The summed E-state index contributed by atoms with van der Waals surface area (Å²) in [5.74, 6) is 4.02. The van der Waals surface area contributed by atoms with E-state index in [9.17, 15) is 5.11 Å². The van der Waals surface area contributed by atoms with Gasteiger partial charge in [-0.3, -0.25) is 0 Å². The Labute approximate surface area is 454 Å². The SMILES string of the molecule is BrB(Br)Br.COc1cccc(Cc2ccc3oc(-c4ccnc(N)n4)c(C)c3c2)c1.Cc1c(-c2ccnc(N)n2)oc2ccc(Br)cc12.Cc1c(-c2ccnc(N)n2)oc2ccc(Cc3cccc(O)c3)cc12. The van der Waals surface area contributed by atoms with Gasteiger partial charge in [-0.05, 0) is 141 Å². The van der Waals surface area contributed by atoms with E-state index >= 15 is 0 Å². The number of hydrogen-bond acceptors (Lipinski definition) is 14. The number of nitrogens with two attached hydrogens (primary N) is 3. The van der Waals surface area contributed by atoms with E-state index in [0.717, 1.165) is 95.3 Å². The van der Waals surface area contributed by atoms with Gasteiger partial charge in [0, 0.05) is 55.9 Å². The number of benzene rings is 5. The smallest absolute Gasteiger partial charge is 0.369 e. The lowest BCUT2D eigenvalue weighted by Crippen LogP contribution is -1.95. The summed E-state index contributed by atoms with van der Waals surface area (Å²) in [6.07, 6.45) is 6.45. The van der Waals surface area contributed by atoms with E-state index in [4.69, 9.17) is 35.2 Å². The van der Waals surface area contributed by atoms with Crippen molar-refractivity contribution in [3.05, 3.63) is 183 Å². The quantitative estimate of drug-likeness (QED) is 0.104. The molecule has 368 valence electrons. The Morgan fingerprint density at radius 3 is 1.30 bits per heavy atom. The molecule has 0 aliphatic carbocycles. The molecule has 73 heavy (non-hydrogen) atoms. The van der Waals surface area contributed by atoms with Crippen LogP contribution < -0.4 is 21.9 Å². The van der Waals surface area contributed by atoms with Gasteiger partial charge >= 0.3 is 3.18 Å². The van der Waals surface area contributed by atoms with E-state index in [1.165, 1.54) is 11.1 Å². The fourth-order valence-electron chi connectivity index (χ4n) is 8.10. The van der Waals surface area contributed by atoms with Gasteiger partial charge in [-0.2, -0.15) is 0 Å². The molecular weight excluding hydrogens is 1190 g/mol. The van der Waals surface area contributed by atoms with Gasteiger partial charge in [-0.15, -0.1) is 47.3 Å². The van der Waals surface area contributed by atoms with Crippen molar-refractivity contribution < 1.29 is 23.1 Å². The van der Waals surface area contributed by atoms with Crippen LogP contribution in [0.1, 0.15) is 38.9 Å². The molecule has 0 saturated carbocycles. The van der Waals surface area contributed by atoms with Crippen LogP contribution in [0.5, 0.6) is 11.5 Å². The van der Waals surface area contributed by atoms with Crippen molar-refractivity contribution in [2.24, 2.45) is 0 Å². The lowest BCUT2D eigenvalue weighted by atomic mass is 10.0. The number of nitrogen functional groups attached to an aromatic ring is 3. The fourth-order valence-corrected chi connectivity index (χ4v) is 8.46. The van der Waals surface area contributed by atoms with E-state index < -0.39 is 0 Å². The van der Waals surface area contributed by atoms with E-state index in [-0.39, 0.29) is 26.8 Å². The summed E-state index contributed by atoms with van der Waals surface area (Å²) in [5.41, 5.74) is 29.3. The minimum absolute atomic E-state index is 0.224. The summed E-state index contributed by atoms with van der Waals surface area (Å²) in [5, 5.41) is 12.8. The molecule has 11 aromatic rings. The Balaban J connectivity index is 0.000000143. The average Bonchev–Trinajstić information content (AvgIpc) is 4.00. The predicted molar refractivity (Wildman–Crippen MR) is 306 cm³/mol. The number of phenolic OH excluding ortho intramolecular Hbond substituents is 1. The molecular formula is C54H46BBr4N9O5. The maximum atomic E-state index is 9.62. The molecule has 0 bridgehead atoms. The first-order valence-electron chi connectivity index (χ1n) is 22.4. The third-order valence-electron chi connectivity index (χ3n) is 11.5. The summed E-state index contributed by atoms with van der Waals surface area (Å²) < 4.78 is 24.4. The molecule has 0 aliphatic heterocycles. The molecule has 6 heterocycles. The van der Waals surface area contributed by atoms with Crippen molar-refractivity contribution in [3.8, 4) is 45.9 Å². The zero-order valence-electron chi connectivity index (χ0n) is 39.8. The summed E-state index contributed by atoms with van der Waals surface area (Å²) in [4.78, 5) is 24.4. The summed E-state index contributed by atoms with van der Waals surface area (Å²) in [6.45, 7) is 6.05. The molecule has 0 spiro atoms. The number of hydrogen-bond donors (Lipinski definition) is 4. The van der Waals surface area contributed by atoms with Crippen molar-refractivity contribution >= 4 is 117 Å². The highest BCUT2D eigenvalue weighted by Crippen LogP contribution is 2.36. The van der Waals surface area contributed by atoms with E-state index in [2.05, 4.69) is 123 Å². The molecule has 11 rings (SSSR count). The number of aryl methyl sites for hydroxylation is 3. The van der Waals surface area contributed by atoms with Gasteiger partial charge in [-0.1, -0.05) is 52.3 Å². The summed E-state index contributed by atoms with van der Waals surface area (Å²) in [6, 6.07) is 39.1. The predicted octanol–water partition coefficient (Wildman–Crippen LogP) is 14.2. The van der Waals surface area contributed by atoms with Crippen molar-refractivity contribution in [3.63, 3.8) is 0 Å². The fraction of sp³-hybridized carbons (Fsp3) is 0.111. The van der Waals surface area contributed by atoms with Crippen LogP contribution in [0.15, 0.2) is 158 Å². The van der Waals surface area contributed by atoms with Crippen LogP contribution in [-0.2, 0) is 12.8 Å². The topological polar surface area (TPSA) is 224 Å². The number of nitrogens with zero attached hydrogens (tertiary/aromatic N) is 6. The molecule has 14 nitrogen and oxygen atoms in total. The average molecular weight is 1230 g/mol. The number of aromatic hydroxyl groups is 1. The molecule has 5 aromatic carbocycles. The maximum absolute atomic E-state index is 9.62. The number of aromatic nitrogens is 6. The normalized spacial score (nSPS) is 10.8. The Hall–Kier alpha value is -7.06. The number of phenols is 1. The van der Waals surface area contributed by atoms with Crippen LogP contribution in [0.25, 0.3) is 67.3 Å². The number of fused-ring (bicyclic) bond motifs is 3. The Morgan fingerprint density at radius 1 is 0.507 bits per heavy atom. The van der Waals surface area contributed by atoms with Crippen molar-refractivity contribution in [2.45, 2.75) is 33.6 Å². The third kappa shape index (κ3) is 13.1. The first-order chi connectivity index (χ1) is 35.1. The van der Waals surface area contributed by atoms with Gasteiger partial charge in [0.05, 0.1) is 7.11 Å². The van der Waals surface area contributed by atoms with E-state index in [1.807, 2.05) is 81.4 Å². The molecule has 0 atom stereocenters. The highest BCUT2D eigenvalue weighted by atomic mass is 79.9. The minimum Gasteiger partial charge on any atom is -0.508 e. The summed E-state index contributed by atoms with van der Waals surface area (Å²) >= 11 is 12.8. The second-order valence-corrected chi connectivity index (χ2v) is 23.8. The molecule has 7 N–H and O–H groups in total. The Morgan fingerprint density at radius 2 is 0.890 bits per heavy atom. The first kappa shape index (κ1) is 52.3. The monoisotopic (exact) mass is 1230 g/mol. The van der Waals surface area contributed by atoms with Gasteiger partial charge in [0.15, 0.2) is 17.3 Å². The Kier molecular flexibility index (Phi) is 16.9. The minimum atomic E-state index is 0.224. The first-order valence-corrected chi connectivity index (χ1v) is 26.0.